The molecule has 0 radical (unpaired) electrons. The fraction of sp³-hybridized carbons (Fsp3) is 0.235. The standard InChI is InChI=1S/C15H17FN2.C2H2O4/c1-18(11-9-15-4-2-3-10-17-15)12-13-5-7-14(16)8-6-13;3-1(4)2(5)6/h2-8,10H,9,11-12H2,1H3;(H,3,4)(H,5,6). The van der Waals surface area contributed by atoms with Crippen molar-refractivity contribution in [1.82, 2.24) is 9.88 Å². The minimum absolute atomic E-state index is 0.185. The van der Waals surface area contributed by atoms with Crippen LogP contribution in [0.3, 0.4) is 0 Å². The summed E-state index contributed by atoms with van der Waals surface area (Å²) in [6.45, 7) is 1.77. The Labute approximate surface area is 139 Å². The molecule has 0 amide bonds. The van der Waals surface area contributed by atoms with Gasteiger partial charge in [0.15, 0.2) is 0 Å². The third-order valence-electron chi connectivity index (χ3n) is 3.02. The van der Waals surface area contributed by atoms with Gasteiger partial charge in [-0.15, -0.1) is 0 Å². The maximum absolute atomic E-state index is 12.8. The Hall–Kier alpha value is -2.80. The SMILES string of the molecule is CN(CCc1ccccn1)Cc1ccc(F)cc1.O=C(O)C(=O)O. The van der Waals surface area contributed by atoms with Crippen molar-refractivity contribution in [1.29, 1.82) is 0 Å². The summed E-state index contributed by atoms with van der Waals surface area (Å²) in [4.78, 5) is 24.7. The number of carbonyl (C=O) groups is 2. The van der Waals surface area contributed by atoms with Crippen molar-refractivity contribution in [3.8, 4) is 0 Å². The van der Waals surface area contributed by atoms with Crippen molar-refractivity contribution in [3.63, 3.8) is 0 Å². The van der Waals surface area contributed by atoms with Crippen LogP contribution in [0.5, 0.6) is 0 Å². The van der Waals surface area contributed by atoms with Crippen LogP contribution in [-0.2, 0) is 22.6 Å². The first-order valence-electron chi connectivity index (χ1n) is 7.17. The zero-order valence-corrected chi connectivity index (χ0v) is 13.2. The highest BCUT2D eigenvalue weighted by molar-refractivity contribution is 6.27. The van der Waals surface area contributed by atoms with Crippen LogP contribution in [0.4, 0.5) is 4.39 Å². The minimum atomic E-state index is -1.82. The highest BCUT2D eigenvalue weighted by Gasteiger charge is 2.04. The van der Waals surface area contributed by atoms with Crippen molar-refractivity contribution in [2.45, 2.75) is 13.0 Å². The lowest BCUT2D eigenvalue weighted by Gasteiger charge is -2.16. The molecule has 0 bridgehead atoms. The second kappa shape index (κ2) is 10.1. The van der Waals surface area contributed by atoms with E-state index in [9.17, 15) is 4.39 Å². The van der Waals surface area contributed by atoms with Gasteiger partial charge in [0.2, 0.25) is 0 Å². The van der Waals surface area contributed by atoms with E-state index in [1.54, 1.807) is 0 Å². The summed E-state index contributed by atoms with van der Waals surface area (Å²) in [5, 5.41) is 14.8. The van der Waals surface area contributed by atoms with E-state index in [2.05, 4.69) is 16.9 Å². The molecule has 0 saturated carbocycles. The third kappa shape index (κ3) is 8.00. The quantitative estimate of drug-likeness (QED) is 0.813. The van der Waals surface area contributed by atoms with Crippen molar-refractivity contribution >= 4 is 11.9 Å². The molecule has 1 aromatic carbocycles. The van der Waals surface area contributed by atoms with Gasteiger partial charge in [-0.1, -0.05) is 18.2 Å². The largest absolute Gasteiger partial charge is 0.473 e. The third-order valence-corrected chi connectivity index (χ3v) is 3.02. The summed E-state index contributed by atoms with van der Waals surface area (Å²) in [7, 11) is 2.06. The molecule has 2 aromatic rings. The van der Waals surface area contributed by atoms with Crippen molar-refractivity contribution in [2.75, 3.05) is 13.6 Å². The van der Waals surface area contributed by atoms with Gasteiger partial charge in [0.25, 0.3) is 0 Å². The highest BCUT2D eigenvalue weighted by atomic mass is 19.1. The van der Waals surface area contributed by atoms with Gasteiger partial charge in [0.1, 0.15) is 5.82 Å². The van der Waals surface area contributed by atoms with Gasteiger partial charge in [-0.3, -0.25) is 4.98 Å². The van der Waals surface area contributed by atoms with Crippen molar-refractivity contribution in [3.05, 3.63) is 65.7 Å². The van der Waals surface area contributed by atoms with Crippen molar-refractivity contribution < 1.29 is 24.2 Å². The lowest BCUT2D eigenvalue weighted by Crippen LogP contribution is -2.21. The Kier molecular flexibility index (Phi) is 8.07. The molecular formula is C17H19FN2O4. The number of nitrogens with zero attached hydrogens (tertiary/aromatic N) is 2. The zero-order chi connectivity index (χ0) is 17.9. The molecule has 2 rings (SSSR count). The molecule has 128 valence electrons. The predicted molar refractivity (Wildman–Crippen MR) is 85.9 cm³/mol. The van der Waals surface area contributed by atoms with E-state index in [-0.39, 0.29) is 5.82 Å². The number of pyridine rings is 1. The Morgan fingerprint density at radius 1 is 1.08 bits per heavy atom. The molecule has 1 aromatic heterocycles. The number of carboxylic acids is 2. The number of aromatic nitrogens is 1. The Morgan fingerprint density at radius 2 is 1.71 bits per heavy atom. The van der Waals surface area contributed by atoms with Crippen LogP contribution in [0, 0.1) is 5.82 Å². The number of likely N-dealkylation sites (N-methyl/N-ethyl adjacent to an activating group) is 1. The predicted octanol–water partition coefficient (Wildman–Crippen LogP) is 2.05. The summed E-state index contributed by atoms with van der Waals surface area (Å²) < 4.78 is 12.8. The average Bonchev–Trinajstić information content (AvgIpc) is 2.56. The molecule has 0 atom stereocenters. The highest BCUT2D eigenvalue weighted by Crippen LogP contribution is 2.06. The molecule has 0 spiro atoms. The number of hydrogen-bond donors (Lipinski definition) is 2. The molecular weight excluding hydrogens is 315 g/mol. The summed E-state index contributed by atoms with van der Waals surface area (Å²) >= 11 is 0. The second-order valence-electron chi connectivity index (χ2n) is 5.05. The molecule has 0 aliphatic carbocycles. The average molecular weight is 334 g/mol. The van der Waals surface area contributed by atoms with Gasteiger partial charge >= 0.3 is 11.9 Å². The number of benzene rings is 1. The molecule has 7 heteroatoms. The van der Waals surface area contributed by atoms with Crippen LogP contribution in [0.25, 0.3) is 0 Å². The lowest BCUT2D eigenvalue weighted by molar-refractivity contribution is -0.159. The van der Waals surface area contributed by atoms with Gasteiger partial charge in [0, 0.05) is 31.4 Å². The van der Waals surface area contributed by atoms with E-state index >= 15 is 0 Å². The monoisotopic (exact) mass is 334 g/mol. The van der Waals surface area contributed by atoms with Gasteiger partial charge in [-0.05, 0) is 36.9 Å². The van der Waals surface area contributed by atoms with Gasteiger partial charge in [-0.2, -0.15) is 0 Å². The van der Waals surface area contributed by atoms with Crippen LogP contribution >= 0.6 is 0 Å². The van der Waals surface area contributed by atoms with E-state index in [0.717, 1.165) is 30.8 Å². The van der Waals surface area contributed by atoms with E-state index in [1.807, 2.05) is 36.5 Å². The summed E-state index contributed by atoms with van der Waals surface area (Å²) in [6.07, 6.45) is 2.74. The van der Waals surface area contributed by atoms with Gasteiger partial charge in [-0.25, -0.2) is 14.0 Å². The molecule has 0 aliphatic heterocycles. The number of aliphatic carboxylic acids is 2. The van der Waals surface area contributed by atoms with Gasteiger partial charge < -0.3 is 15.1 Å². The van der Waals surface area contributed by atoms with Crippen LogP contribution in [-0.4, -0.2) is 45.6 Å². The molecule has 2 N–H and O–H groups in total. The van der Waals surface area contributed by atoms with E-state index in [4.69, 9.17) is 19.8 Å². The number of rotatable bonds is 5. The first kappa shape index (κ1) is 19.2. The summed E-state index contributed by atoms with van der Waals surface area (Å²) in [5.41, 5.74) is 2.23. The summed E-state index contributed by atoms with van der Waals surface area (Å²) in [6, 6.07) is 12.6. The van der Waals surface area contributed by atoms with Gasteiger partial charge in [0.05, 0.1) is 0 Å². The second-order valence-corrected chi connectivity index (χ2v) is 5.05. The van der Waals surface area contributed by atoms with Crippen LogP contribution < -0.4 is 0 Å². The van der Waals surface area contributed by atoms with Crippen LogP contribution in [0.2, 0.25) is 0 Å². The van der Waals surface area contributed by atoms with E-state index < -0.39 is 11.9 Å². The molecule has 24 heavy (non-hydrogen) atoms. The molecule has 0 fully saturated rings. The lowest BCUT2D eigenvalue weighted by atomic mass is 10.2. The molecule has 1 heterocycles. The fourth-order valence-corrected chi connectivity index (χ4v) is 1.83. The Balaban J connectivity index is 0.000000413. The smallest absolute Gasteiger partial charge is 0.414 e. The maximum Gasteiger partial charge on any atom is 0.414 e. The Bertz CT molecular complexity index is 635. The summed E-state index contributed by atoms with van der Waals surface area (Å²) in [5.74, 6) is -3.83. The molecule has 6 nitrogen and oxygen atoms in total. The van der Waals surface area contributed by atoms with Crippen LogP contribution in [0.15, 0.2) is 48.7 Å². The minimum Gasteiger partial charge on any atom is -0.473 e. The maximum atomic E-state index is 12.8. The first-order chi connectivity index (χ1) is 11.4. The van der Waals surface area contributed by atoms with E-state index in [0.29, 0.717) is 0 Å². The molecule has 0 saturated heterocycles. The molecule has 0 unspecified atom stereocenters. The van der Waals surface area contributed by atoms with Crippen LogP contribution in [0.1, 0.15) is 11.3 Å². The molecule has 0 aliphatic rings. The first-order valence-corrected chi connectivity index (χ1v) is 7.17. The number of carboxylic acid groups (broad SMARTS) is 2. The zero-order valence-electron chi connectivity index (χ0n) is 13.2. The fourth-order valence-electron chi connectivity index (χ4n) is 1.83. The van der Waals surface area contributed by atoms with E-state index in [1.165, 1.54) is 12.1 Å². The Morgan fingerprint density at radius 3 is 2.21 bits per heavy atom. The van der Waals surface area contributed by atoms with Crippen molar-refractivity contribution in [2.24, 2.45) is 0 Å². The number of halogens is 1. The topological polar surface area (TPSA) is 90.7 Å². The number of hydrogen-bond acceptors (Lipinski definition) is 4. The normalized spacial score (nSPS) is 9.96.